The van der Waals surface area contributed by atoms with E-state index in [0.29, 0.717) is 16.5 Å². The molecule has 0 N–H and O–H groups in total. The molecule has 2 heterocycles. The summed E-state index contributed by atoms with van der Waals surface area (Å²) >= 11 is 1.46. The predicted molar refractivity (Wildman–Crippen MR) is 136 cm³/mol. The van der Waals surface area contributed by atoms with Crippen molar-refractivity contribution in [3.05, 3.63) is 34.5 Å². The van der Waals surface area contributed by atoms with E-state index in [1.807, 2.05) is 17.0 Å². The van der Waals surface area contributed by atoms with Crippen molar-refractivity contribution in [2.75, 3.05) is 18.0 Å². The van der Waals surface area contributed by atoms with Gasteiger partial charge in [-0.1, -0.05) is 38.5 Å². The minimum absolute atomic E-state index is 0.0148. The maximum atomic E-state index is 15.1. The van der Waals surface area contributed by atoms with Gasteiger partial charge in [-0.3, -0.25) is 14.7 Å². The van der Waals surface area contributed by atoms with Crippen LogP contribution in [0.4, 0.5) is 10.1 Å². The number of amidine groups is 1. The lowest BCUT2D eigenvalue weighted by molar-refractivity contribution is -0.124. The molecular weight excluding hydrogens is 433 g/mol. The van der Waals surface area contributed by atoms with Crippen molar-refractivity contribution < 1.29 is 9.18 Å². The molecule has 4 fully saturated rings. The molecule has 0 aromatic heterocycles. The number of amides is 1. The lowest BCUT2D eigenvalue weighted by Gasteiger charge is -2.31. The van der Waals surface area contributed by atoms with Crippen molar-refractivity contribution in [3.8, 4) is 0 Å². The second kappa shape index (κ2) is 10.6. The number of piperidine rings is 1. The zero-order valence-electron chi connectivity index (χ0n) is 19.6. The van der Waals surface area contributed by atoms with Crippen LogP contribution >= 0.6 is 11.8 Å². The van der Waals surface area contributed by atoms with Crippen LogP contribution in [0.2, 0.25) is 0 Å². The van der Waals surface area contributed by atoms with Crippen LogP contribution in [0.15, 0.2) is 28.1 Å². The molecule has 0 spiro atoms. The minimum Gasteiger partial charge on any atom is -0.371 e. The summed E-state index contributed by atoms with van der Waals surface area (Å²) in [4.78, 5) is 23.4. The zero-order chi connectivity index (χ0) is 22.6. The minimum atomic E-state index is -0.249. The molecule has 1 aromatic carbocycles. The summed E-state index contributed by atoms with van der Waals surface area (Å²) in [5.41, 5.74) is 1.44. The second-order valence-electron chi connectivity index (χ2n) is 10.0. The first-order valence-corrected chi connectivity index (χ1v) is 13.9. The largest absolute Gasteiger partial charge is 0.371 e. The normalized spacial score (nSPS) is 26.0. The number of carbonyl (C=O) groups excluding carboxylic acids is 1. The fourth-order valence-corrected chi connectivity index (χ4v) is 6.83. The quantitative estimate of drug-likeness (QED) is 0.457. The highest BCUT2D eigenvalue weighted by molar-refractivity contribution is 8.18. The molecule has 2 aliphatic heterocycles. The lowest BCUT2D eigenvalue weighted by atomic mass is 9.94. The van der Waals surface area contributed by atoms with E-state index < -0.39 is 0 Å². The summed E-state index contributed by atoms with van der Waals surface area (Å²) in [5.74, 6) is -0.234. The predicted octanol–water partition coefficient (Wildman–Crippen LogP) is 6.75. The van der Waals surface area contributed by atoms with E-state index in [-0.39, 0.29) is 17.8 Å². The van der Waals surface area contributed by atoms with Gasteiger partial charge in [-0.05, 0) is 81.0 Å². The third kappa shape index (κ3) is 5.31. The summed E-state index contributed by atoms with van der Waals surface area (Å²) in [6, 6.07) is 6.03. The number of aliphatic imine (C=N–C) groups is 1. The van der Waals surface area contributed by atoms with Crippen molar-refractivity contribution >= 4 is 34.6 Å². The Morgan fingerprint density at radius 3 is 2.27 bits per heavy atom. The van der Waals surface area contributed by atoms with E-state index >= 15 is 4.39 Å². The monoisotopic (exact) mass is 469 g/mol. The van der Waals surface area contributed by atoms with Crippen LogP contribution in [0.25, 0.3) is 6.08 Å². The van der Waals surface area contributed by atoms with E-state index in [4.69, 9.17) is 4.99 Å². The Labute approximate surface area is 201 Å². The van der Waals surface area contributed by atoms with Crippen molar-refractivity contribution in [1.29, 1.82) is 0 Å². The number of rotatable bonds is 4. The Hall–Kier alpha value is -1.82. The molecule has 0 radical (unpaired) electrons. The van der Waals surface area contributed by atoms with Crippen molar-refractivity contribution in [1.82, 2.24) is 4.90 Å². The Kier molecular flexibility index (Phi) is 7.39. The molecule has 6 heteroatoms. The van der Waals surface area contributed by atoms with Gasteiger partial charge in [0, 0.05) is 30.4 Å². The topological polar surface area (TPSA) is 35.9 Å². The molecule has 1 aromatic rings. The van der Waals surface area contributed by atoms with Crippen LogP contribution in [-0.2, 0) is 4.79 Å². The van der Waals surface area contributed by atoms with Crippen LogP contribution in [-0.4, -0.2) is 41.1 Å². The standard InChI is InChI=1S/C27H36FN3OS/c28-24-19-23(30-16-8-3-9-17-30)15-14-20(24)18-25-26(32)31(22-12-6-2-7-13-22)27(33-25)29-21-10-4-1-5-11-21/h14-15,18-19,21-22H,1-13,16-17H2. The first kappa shape index (κ1) is 22.9. The Morgan fingerprint density at radius 2 is 1.58 bits per heavy atom. The smallest absolute Gasteiger partial charge is 0.267 e. The van der Waals surface area contributed by atoms with Gasteiger partial charge in [0.1, 0.15) is 5.82 Å². The van der Waals surface area contributed by atoms with E-state index in [2.05, 4.69) is 4.90 Å². The van der Waals surface area contributed by atoms with Gasteiger partial charge in [0.2, 0.25) is 0 Å². The van der Waals surface area contributed by atoms with Crippen LogP contribution in [0.1, 0.15) is 89.0 Å². The van der Waals surface area contributed by atoms with Crippen LogP contribution < -0.4 is 4.90 Å². The fraction of sp³-hybridized carbons (Fsp3) is 0.630. The maximum absolute atomic E-state index is 15.1. The second-order valence-corrected chi connectivity index (χ2v) is 11.0. The number of benzene rings is 1. The zero-order valence-corrected chi connectivity index (χ0v) is 20.4. The molecule has 1 amide bonds. The number of anilines is 1. The number of nitrogens with zero attached hydrogens (tertiary/aromatic N) is 3. The highest BCUT2D eigenvalue weighted by atomic mass is 32.2. The van der Waals surface area contributed by atoms with Crippen LogP contribution in [0, 0.1) is 5.82 Å². The van der Waals surface area contributed by atoms with Crippen molar-refractivity contribution in [2.45, 2.75) is 95.6 Å². The average molecular weight is 470 g/mol. The summed E-state index contributed by atoms with van der Waals surface area (Å²) in [6.45, 7) is 1.98. The van der Waals surface area contributed by atoms with E-state index in [9.17, 15) is 4.79 Å². The molecule has 0 bridgehead atoms. The number of hydrogen-bond donors (Lipinski definition) is 0. The highest BCUT2D eigenvalue weighted by Crippen LogP contribution is 2.39. The summed E-state index contributed by atoms with van der Waals surface area (Å²) in [7, 11) is 0. The number of carbonyl (C=O) groups is 1. The third-order valence-corrected chi connectivity index (χ3v) is 8.63. The van der Waals surface area contributed by atoms with Gasteiger partial charge in [0.05, 0.1) is 10.9 Å². The lowest BCUT2D eigenvalue weighted by Crippen LogP contribution is -2.41. The number of thioether (sulfide) groups is 1. The van der Waals surface area contributed by atoms with E-state index in [1.165, 1.54) is 69.5 Å². The van der Waals surface area contributed by atoms with Gasteiger partial charge >= 0.3 is 0 Å². The molecule has 2 saturated heterocycles. The molecule has 0 atom stereocenters. The Bertz CT molecular complexity index is 912. The molecular formula is C27H36FN3OS. The summed E-state index contributed by atoms with van der Waals surface area (Å²) in [6.07, 6.45) is 17.0. The van der Waals surface area contributed by atoms with E-state index in [1.54, 1.807) is 12.1 Å². The van der Waals surface area contributed by atoms with E-state index in [0.717, 1.165) is 49.6 Å². The Morgan fingerprint density at radius 1 is 0.909 bits per heavy atom. The summed E-state index contributed by atoms with van der Waals surface area (Å²) in [5, 5.41) is 0.857. The number of hydrogen-bond acceptors (Lipinski definition) is 4. The van der Waals surface area contributed by atoms with Gasteiger partial charge < -0.3 is 4.90 Å². The number of halogens is 1. The molecule has 4 nitrogen and oxygen atoms in total. The van der Waals surface area contributed by atoms with Gasteiger partial charge in [-0.2, -0.15) is 0 Å². The molecule has 2 aliphatic carbocycles. The van der Waals surface area contributed by atoms with Crippen LogP contribution in [0.3, 0.4) is 0 Å². The first-order chi connectivity index (χ1) is 16.2. The SMILES string of the molecule is O=C1C(=Cc2ccc(N3CCCCC3)cc2F)SC(=NC2CCCCC2)N1C1CCCCC1. The van der Waals surface area contributed by atoms with Gasteiger partial charge in [-0.25, -0.2) is 4.39 Å². The molecule has 2 saturated carbocycles. The van der Waals surface area contributed by atoms with Crippen molar-refractivity contribution in [2.24, 2.45) is 4.99 Å². The molecule has 0 unspecified atom stereocenters. The molecule has 33 heavy (non-hydrogen) atoms. The van der Waals surface area contributed by atoms with Gasteiger partial charge in [-0.15, -0.1) is 0 Å². The highest BCUT2D eigenvalue weighted by Gasteiger charge is 2.39. The Balaban J connectivity index is 1.40. The van der Waals surface area contributed by atoms with Gasteiger partial charge in [0.25, 0.3) is 5.91 Å². The van der Waals surface area contributed by atoms with Crippen LogP contribution in [0.5, 0.6) is 0 Å². The summed E-state index contributed by atoms with van der Waals surface area (Å²) < 4.78 is 15.1. The molecule has 4 aliphatic rings. The molecule has 5 rings (SSSR count). The first-order valence-electron chi connectivity index (χ1n) is 13.0. The maximum Gasteiger partial charge on any atom is 0.267 e. The molecule has 178 valence electrons. The average Bonchev–Trinajstić information content (AvgIpc) is 3.16. The van der Waals surface area contributed by atoms with Gasteiger partial charge in [0.15, 0.2) is 5.17 Å². The third-order valence-electron chi connectivity index (χ3n) is 7.64. The fourth-order valence-electron chi connectivity index (χ4n) is 5.73. The van der Waals surface area contributed by atoms with Crippen molar-refractivity contribution in [3.63, 3.8) is 0 Å².